The third-order valence-electron chi connectivity index (χ3n) is 4.02. The van der Waals surface area contributed by atoms with Crippen LogP contribution < -0.4 is 10.1 Å². The minimum absolute atomic E-state index is 0. The first-order chi connectivity index (χ1) is 11.0. The zero-order valence-corrected chi connectivity index (χ0v) is 15.8. The molecule has 0 saturated carbocycles. The van der Waals surface area contributed by atoms with Crippen LogP contribution in [-0.4, -0.2) is 24.4 Å². The zero-order valence-electron chi connectivity index (χ0n) is 14.3. The Balaban J connectivity index is 0.00000288. The number of aliphatic hydroxyl groups excluding tert-OH is 1. The highest BCUT2D eigenvalue weighted by Crippen LogP contribution is 2.20. The topological polar surface area (TPSA) is 41.5 Å². The molecule has 0 heterocycles. The molecule has 5 heteroatoms. The number of ether oxygens (including phenoxy) is 1. The molecule has 2 unspecified atom stereocenters. The van der Waals surface area contributed by atoms with Crippen LogP contribution in [0.25, 0.3) is 0 Å². The summed E-state index contributed by atoms with van der Waals surface area (Å²) in [5.41, 5.74) is 3.44. The maximum atomic E-state index is 10.1. The molecule has 24 heavy (non-hydrogen) atoms. The molecule has 3 nitrogen and oxygen atoms in total. The van der Waals surface area contributed by atoms with Crippen molar-refractivity contribution < 1.29 is 9.84 Å². The van der Waals surface area contributed by atoms with E-state index in [1.165, 1.54) is 5.56 Å². The normalized spacial score (nSPS) is 13.0. The maximum Gasteiger partial charge on any atom is 0.122 e. The van der Waals surface area contributed by atoms with E-state index in [4.69, 9.17) is 16.3 Å². The number of benzene rings is 2. The van der Waals surface area contributed by atoms with Gasteiger partial charge in [-0.3, -0.25) is 0 Å². The van der Waals surface area contributed by atoms with Crippen molar-refractivity contribution in [1.29, 1.82) is 0 Å². The highest BCUT2D eigenvalue weighted by Gasteiger charge is 2.10. The van der Waals surface area contributed by atoms with E-state index in [0.29, 0.717) is 6.54 Å². The first-order valence-electron chi connectivity index (χ1n) is 7.83. The van der Waals surface area contributed by atoms with Crippen LogP contribution in [0.15, 0.2) is 42.5 Å². The molecule has 0 aliphatic carbocycles. The Morgan fingerprint density at radius 3 is 2.46 bits per heavy atom. The Morgan fingerprint density at radius 1 is 1.12 bits per heavy atom. The van der Waals surface area contributed by atoms with E-state index in [-0.39, 0.29) is 25.1 Å². The molecular weight excluding hydrogens is 345 g/mol. The molecule has 2 aromatic rings. The predicted molar refractivity (Wildman–Crippen MR) is 103 cm³/mol. The molecule has 0 aliphatic heterocycles. The van der Waals surface area contributed by atoms with E-state index in [0.717, 1.165) is 21.9 Å². The molecule has 0 fully saturated rings. The fourth-order valence-electron chi connectivity index (χ4n) is 2.31. The Bertz CT molecular complexity index is 632. The summed E-state index contributed by atoms with van der Waals surface area (Å²) in [7, 11) is 0. The maximum absolute atomic E-state index is 10.1. The molecule has 0 bridgehead atoms. The molecule has 2 aromatic carbocycles. The van der Waals surface area contributed by atoms with E-state index in [1.807, 2.05) is 56.3 Å². The lowest BCUT2D eigenvalue weighted by Crippen LogP contribution is -2.33. The van der Waals surface area contributed by atoms with Crippen molar-refractivity contribution in [3.8, 4) is 5.75 Å². The number of nitrogens with one attached hydrogen (secondary N) is 1. The van der Waals surface area contributed by atoms with Gasteiger partial charge in [0, 0.05) is 17.6 Å². The number of rotatable bonds is 7. The van der Waals surface area contributed by atoms with Gasteiger partial charge in [-0.2, -0.15) is 0 Å². The predicted octanol–water partition coefficient (Wildman–Crippen LogP) is 4.47. The summed E-state index contributed by atoms with van der Waals surface area (Å²) in [6.45, 7) is 6.87. The van der Waals surface area contributed by atoms with Crippen molar-refractivity contribution in [2.75, 3.05) is 13.2 Å². The summed E-state index contributed by atoms with van der Waals surface area (Å²) in [6, 6.07) is 13.8. The molecule has 0 saturated heterocycles. The van der Waals surface area contributed by atoms with Crippen molar-refractivity contribution >= 4 is 24.0 Å². The molecule has 0 radical (unpaired) electrons. The fourth-order valence-corrected chi connectivity index (χ4v) is 2.43. The van der Waals surface area contributed by atoms with Crippen LogP contribution in [0.5, 0.6) is 5.75 Å². The second kappa shape index (κ2) is 9.90. The van der Waals surface area contributed by atoms with Crippen LogP contribution in [0.2, 0.25) is 5.02 Å². The summed E-state index contributed by atoms with van der Waals surface area (Å²) in [6.07, 6.45) is -0.565. The lowest BCUT2D eigenvalue weighted by Gasteiger charge is -2.19. The van der Waals surface area contributed by atoms with Crippen molar-refractivity contribution in [1.82, 2.24) is 5.32 Å². The average molecular weight is 370 g/mol. The number of hydrogen-bond donors (Lipinski definition) is 2. The fraction of sp³-hybridized carbons (Fsp3) is 0.368. The molecular formula is C19H25Cl2NO2. The van der Waals surface area contributed by atoms with E-state index in [9.17, 15) is 5.11 Å². The van der Waals surface area contributed by atoms with Gasteiger partial charge in [0.15, 0.2) is 0 Å². The van der Waals surface area contributed by atoms with Crippen LogP contribution in [0, 0.1) is 13.8 Å². The van der Waals surface area contributed by atoms with Gasteiger partial charge < -0.3 is 15.2 Å². The Morgan fingerprint density at radius 2 is 1.79 bits per heavy atom. The molecule has 0 aromatic heterocycles. The minimum atomic E-state index is -0.565. The first kappa shape index (κ1) is 20.8. The molecule has 0 amide bonds. The second-order valence-electron chi connectivity index (χ2n) is 5.84. The van der Waals surface area contributed by atoms with Crippen LogP contribution in [0.4, 0.5) is 0 Å². The lowest BCUT2D eigenvalue weighted by atomic mass is 10.1. The van der Waals surface area contributed by atoms with Crippen molar-refractivity contribution in [2.24, 2.45) is 0 Å². The molecule has 2 atom stereocenters. The summed E-state index contributed by atoms with van der Waals surface area (Å²) < 4.78 is 5.73. The lowest BCUT2D eigenvalue weighted by molar-refractivity contribution is 0.104. The zero-order chi connectivity index (χ0) is 16.8. The van der Waals surface area contributed by atoms with Gasteiger partial charge in [-0.05, 0) is 55.7 Å². The molecule has 0 spiro atoms. The van der Waals surface area contributed by atoms with E-state index in [1.54, 1.807) is 0 Å². The summed E-state index contributed by atoms with van der Waals surface area (Å²) in [4.78, 5) is 0. The number of aryl methyl sites for hydroxylation is 1. The van der Waals surface area contributed by atoms with Crippen LogP contribution in [0.1, 0.15) is 29.7 Å². The van der Waals surface area contributed by atoms with E-state index < -0.39 is 6.10 Å². The van der Waals surface area contributed by atoms with Gasteiger partial charge in [-0.15, -0.1) is 12.4 Å². The van der Waals surface area contributed by atoms with Gasteiger partial charge in [0.2, 0.25) is 0 Å². The summed E-state index contributed by atoms with van der Waals surface area (Å²) >= 11 is 5.89. The molecule has 2 N–H and O–H groups in total. The van der Waals surface area contributed by atoms with Crippen LogP contribution >= 0.6 is 24.0 Å². The van der Waals surface area contributed by atoms with Gasteiger partial charge >= 0.3 is 0 Å². The van der Waals surface area contributed by atoms with E-state index in [2.05, 4.69) is 12.2 Å². The molecule has 0 aliphatic rings. The summed E-state index contributed by atoms with van der Waals surface area (Å²) in [5.74, 6) is 0.829. The number of aliphatic hydroxyl groups is 1. The van der Waals surface area contributed by atoms with Gasteiger partial charge in [0.1, 0.15) is 18.5 Å². The van der Waals surface area contributed by atoms with Crippen molar-refractivity contribution in [2.45, 2.75) is 32.9 Å². The molecule has 132 valence electrons. The van der Waals surface area contributed by atoms with Gasteiger partial charge in [-0.1, -0.05) is 35.9 Å². The number of halogens is 2. The highest BCUT2D eigenvalue weighted by molar-refractivity contribution is 6.30. The Labute approximate surface area is 155 Å². The Hall–Kier alpha value is -1.26. The highest BCUT2D eigenvalue weighted by atomic mass is 35.5. The molecule has 2 rings (SSSR count). The average Bonchev–Trinajstić information content (AvgIpc) is 2.54. The minimum Gasteiger partial charge on any atom is -0.491 e. The van der Waals surface area contributed by atoms with Crippen molar-refractivity contribution in [3.63, 3.8) is 0 Å². The largest absolute Gasteiger partial charge is 0.491 e. The standard InChI is InChI=1S/C19H24ClNO2.ClH/c1-13-5-4-6-19(14(13)2)23-12-18(22)11-21-15(3)16-7-9-17(20)10-8-16;/h4-10,15,18,21-22H,11-12H2,1-3H3;1H. The van der Waals surface area contributed by atoms with Crippen molar-refractivity contribution in [3.05, 3.63) is 64.2 Å². The van der Waals surface area contributed by atoms with E-state index >= 15 is 0 Å². The van der Waals surface area contributed by atoms with Gasteiger partial charge in [0.25, 0.3) is 0 Å². The third kappa shape index (κ3) is 5.99. The second-order valence-corrected chi connectivity index (χ2v) is 6.28. The van der Waals surface area contributed by atoms with Crippen LogP contribution in [-0.2, 0) is 0 Å². The first-order valence-corrected chi connectivity index (χ1v) is 8.21. The van der Waals surface area contributed by atoms with Crippen LogP contribution in [0.3, 0.4) is 0 Å². The quantitative estimate of drug-likeness (QED) is 0.756. The van der Waals surface area contributed by atoms with Gasteiger partial charge in [-0.25, -0.2) is 0 Å². The SMILES string of the molecule is Cc1cccc(OCC(O)CNC(C)c2ccc(Cl)cc2)c1C.Cl. The Kier molecular flexibility index (Phi) is 8.57. The summed E-state index contributed by atoms with van der Waals surface area (Å²) in [5, 5.41) is 14.1. The third-order valence-corrected chi connectivity index (χ3v) is 4.27. The number of hydrogen-bond acceptors (Lipinski definition) is 3. The monoisotopic (exact) mass is 369 g/mol. The smallest absolute Gasteiger partial charge is 0.122 e. The van der Waals surface area contributed by atoms with Gasteiger partial charge in [0.05, 0.1) is 0 Å².